The summed E-state index contributed by atoms with van der Waals surface area (Å²) in [6, 6.07) is 10.5. The fourth-order valence-electron chi connectivity index (χ4n) is 1.88. The van der Waals surface area contributed by atoms with Crippen LogP contribution < -0.4 is 5.32 Å². The molecule has 0 bridgehead atoms. The summed E-state index contributed by atoms with van der Waals surface area (Å²) in [5.41, 5.74) is 1.18. The first-order chi connectivity index (χ1) is 9.85. The molecule has 4 nitrogen and oxygen atoms in total. The van der Waals surface area contributed by atoms with Crippen LogP contribution in [-0.2, 0) is 5.75 Å². The molecule has 0 spiro atoms. The Hall–Kier alpha value is -1.53. The lowest BCUT2D eigenvalue weighted by molar-refractivity contribution is 0.958. The summed E-state index contributed by atoms with van der Waals surface area (Å²) in [5, 5.41) is 16.0. The van der Waals surface area contributed by atoms with Gasteiger partial charge in [-0.25, -0.2) is 0 Å². The smallest absolute Gasteiger partial charge is 0.205 e. The Bertz CT molecular complexity index is 656. The maximum atomic E-state index is 4.21. The summed E-state index contributed by atoms with van der Waals surface area (Å²) in [6.07, 6.45) is 1.10. The quantitative estimate of drug-likeness (QED) is 0.672. The number of rotatable bonds is 6. The Labute approximate surface area is 126 Å². The second-order valence-electron chi connectivity index (χ2n) is 4.44. The summed E-state index contributed by atoms with van der Waals surface area (Å²) < 4.78 is 0. The SMILES string of the molecule is CCCNc1nnc(CSc2cc3ccccc3[nH]2)s1. The van der Waals surface area contributed by atoms with Gasteiger partial charge in [-0.2, -0.15) is 0 Å². The third-order valence-electron chi connectivity index (χ3n) is 2.85. The zero-order valence-electron chi connectivity index (χ0n) is 11.2. The number of hydrogen-bond acceptors (Lipinski definition) is 5. The molecule has 0 fully saturated rings. The highest BCUT2D eigenvalue weighted by atomic mass is 32.2. The van der Waals surface area contributed by atoms with Crippen molar-refractivity contribution in [2.45, 2.75) is 24.1 Å². The summed E-state index contributed by atoms with van der Waals surface area (Å²) in [5.74, 6) is 0.846. The summed E-state index contributed by atoms with van der Waals surface area (Å²) >= 11 is 3.39. The van der Waals surface area contributed by atoms with E-state index in [4.69, 9.17) is 0 Å². The standard InChI is InChI=1S/C14H16N4S2/c1-2-7-15-14-18-17-13(20-14)9-19-12-8-10-5-3-4-6-11(10)16-12/h3-6,8,16H,2,7,9H2,1H3,(H,15,18). The number of benzene rings is 1. The van der Waals surface area contributed by atoms with Crippen LogP contribution in [-0.4, -0.2) is 21.7 Å². The lowest BCUT2D eigenvalue weighted by atomic mass is 10.3. The molecule has 0 radical (unpaired) electrons. The molecule has 0 unspecified atom stereocenters. The van der Waals surface area contributed by atoms with Gasteiger partial charge in [-0.15, -0.1) is 22.0 Å². The van der Waals surface area contributed by atoms with Gasteiger partial charge in [0.2, 0.25) is 5.13 Å². The normalized spacial score (nSPS) is 11.1. The van der Waals surface area contributed by atoms with E-state index in [0.29, 0.717) is 0 Å². The second kappa shape index (κ2) is 6.28. The van der Waals surface area contributed by atoms with E-state index >= 15 is 0 Å². The van der Waals surface area contributed by atoms with Crippen LogP contribution in [0.15, 0.2) is 35.4 Å². The number of H-pyrrole nitrogens is 1. The van der Waals surface area contributed by atoms with Crippen LogP contribution in [0.3, 0.4) is 0 Å². The molecule has 0 atom stereocenters. The van der Waals surface area contributed by atoms with E-state index in [-0.39, 0.29) is 0 Å². The van der Waals surface area contributed by atoms with Gasteiger partial charge in [-0.1, -0.05) is 36.5 Å². The highest BCUT2D eigenvalue weighted by Crippen LogP contribution is 2.27. The summed E-state index contributed by atoms with van der Waals surface area (Å²) in [6.45, 7) is 3.09. The van der Waals surface area contributed by atoms with E-state index in [2.05, 4.69) is 51.7 Å². The average Bonchev–Trinajstić information content (AvgIpc) is 3.09. The lowest BCUT2D eigenvalue weighted by Gasteiger charge is -1.95. The van der Waals surface area contributed by atoms with Gasteiger partial charge in [0.1, 0.15) is 5.01 Å². The van der Waals surface area contributed by atoms with Gasteiger partial charge in [-0.05, 0) is 18.6 Å². The number of anilines is 1. The number of aromatic nitrogens is 3. The van der Waals surface area contributed by atoms with Crippen LogP contribution in [0.2, 0.25) is 0 Å². The zero-order chi connectivity index (χ0) is 13.8. The molecule has 2 heterocycles. The Morgan fingerprint density at radius 3 is 3.05 bits per heavy atom. The number of fused-ring (bicyclic) bond motifs is 1. The predicted octanol–water partition coefficient (Wildman–Crippen LogP) is 4.13. The molecular weight excluding hydrogens is 288 g/mol. The minimum Gasteiger partial charge on any atom is -0.360 e. The maximum absolute atomic E-state index is 4.21. The highest BCUT2D eigenvalue weighted by Gasteiger charge is 2.06. The van der Waals surface area contributed by atoms with Gasteiger partial charge in [0.05, 0.1) is 10.8 Å². The van der Waals surface area contributed by atoms with Gasteiger partial charge in [0.15, 0.2) is 0 Å². The van der Waals surface area contributed by atoms with Crippen molar-refractivity contribution in [2.75, 3.05) is 11.9 Å². The van der Waals surface area contributed by atoms with Crippen molar-refractivity contribution in [1.82, 2.24) is 15.2 Å². The average molecular weight is 304 g/mol. The first-order valence-electron chi connectivity index (χ1n) is 6.62. The summed E-state index contributed by atoms with van der Waals surface area (Å²) in [7, 11) is 0. The molecule has 0 aliphatic heterocycles. The molecule has 6 heteroatoms. The molecule has 20 heavy (non-hydrogen) atoms. The van der Waals surface area contributed by atoms with Crippen molar-refractivity contribution < 1.29 is 0 Å². The van der Waals surface area contributed by atoms with Crippen LogP contribution in [0.4, 0.5) is 5.13 Å². The van der Waals surface area contributed by atoms with E-state index in [1.54, 1.807) is 23.1 Å². The lowest BCUT2D eigenvalue weighted by Crippen LogP contribution is -1.98. The topological polar surface area (TPSA) is 53.6 Å². The molecule has 1 aromatic carbocycles. The van der Waals surface area contributed by atoms with E-state index in [1.807, 2.05) is 6.07 Å². The Morgan fingerprint density at radius 1 is 1.30 bits per heavy atom. The second-order valence-corrected chi connectivity index (χ2v) is 6.52. The molecule has 0 aliphatic rings. The number of hydrogen-bond donors (Lipinski definition) is 2. The monoisotopic (exact) mass is 304 g/mol. The highest BCUT2D eigenvalue weighted by molar-refractivity contribution is 7.98. The van der Waals surface area contributed by atoms with Gasteiger partial charge in [-0.3, -0.25) is 0 Å². The van der Waals surface area contributed by atoms with Crippen LogP contribution in [0, 0.1) is 0 Å². The van der Waals surface area contributed by atoms with Gasteiger partial charge >= 0.3 is 0 Å². The van der Waals surface area contributed by atoms with Gasteiger partial charge in [0, 0.05) is 17.4 Å². The molecule has 0 saturated carbocycles. The number of aromatic amines is 1. The molecule has 3 rings (SSSR count). The molecular formula is C14H16N4S2. The minimum absolute atomic E-state index is 0.846. The molecule has 0 aliphatic carbocycles. The Balaban J connectivity index is 1.62. The fourth-order valence-corrected chi connectivity index (χ4v) is 3.58. The first kappa shape index (κ1) is 13.5. The maximum Gasteiger partial charge on any atom is 0.205 e. The Morgan fingerprint density at radius 2 is 2.20 bits per heavy atom. The van der Waals surface area contributed by atoms with Crippen LogP contribution >= 0.6 is 23.1 Å². The van der Waals surface area contributed by atoms with Crippen molar-refractivity contribution >= 4 is 39.1 Å². The van der Waals surface area contributed by atoms with Crippen LogP contribution in [0.25, 0.3) is 10.9 Å². The van der Waals surface area contributed by atoms with Crippen molar-refractivity contribution in [3.05, 3.63) is 35.3 Å². The number of thioether (sulfide) groups is 1. The number of para-hydroxylation sites is 1. The van der Waals surface area contributed by atoms with E-state index in [1.165, 1.54) is 15.9 Å². The van der Waals surface area contributed by atoms with E-state index in [9.17, 15) is 0 Å². The van der Waals surface area contributed by atoms with Gasteiger partial charge in [0.25, 0.3) is 0 Å². The van der Waals surface area contributed by atoms with Crippen LogP contribution in [0.5, 0.6) is 0 Å². The molecule has 0 saturated heterocycles. The molecule has 2 aromatic heterocycles. The van der Waals surface area contributed by atoms with E-state index < -0.39 is 0 Å². The number of nitrogens with one attached hydrogen (secondary N) is 2. The van der Waals surface area contributed by atoms with Crippen LogP contribution in [0.1, 0.15) is 18.4 Å². The largest absolute Gasteiger partial charge is 0.360 e. The Kier molecular flexibility index (Phi) is 4.22. The third-order valence-corrected chi connectivity index (χ3v) is 4.86. The van der Waals surface area contributed by atoms with Crippen molar-refractivity contribution in [3.63, 3.8) is 0 Å². The third kappa shape index (κ3) is 3.13. The fraction of sp³-hybridized carbons (Fsp3) is 0.286. The van der Waals surface area contributed by atoms with Crippen molar-refractivity contribution in [3.8, 4) is 0 Å². The first-order valence-corrected chi connectivity index (χ1v) is 8.42. The molecule has 104 valence electrons. The zero-order valence-corrected chi connectivity index (χ0v) is 12.9. The predicted molar refractivity (Wildman–Crippen MR) is 86.5 cm³/mol. The molecule has 2 N–H and O–H groups in total. The van der Waals surface area contributed by atoms with Crippen molar-refractivity contribution in [2.24, 2.45) is 0 Å². The molecule has 3 aromatic rings. The minimum atomic E-state index is 0.846. The summed E-state index contributed by atoms with van der Waals surface area (Å²) in [4.78, 5) is 3.41. The van der Waals surface area contributed by atoms with Gasteiger partial charge < -0.3 is 10.3 Å². The van der Waals surface area contributed by atoms with Crippen molar-refractivity contribution in [1.29, 1.82) is 0 Å². The number of nitrogens with zero attached hydrogens (tertiary/aromatic N) is 2. The molecule has 0 amide bonds. The van der Waals surface area contributed by atoms with E-state index in [0.717, 1.165) is 28.9 Å².